The van der Waals surface area contributed by atoms with Crippen molar-refractivity contribution >= 4 is 46.5 Å². The van der Waals surface area contributed by atoms with Gasteiger partial charge in [-0.05, 0) is 38.1 Å². The number of hydrazone groups is 1. The lowest BCUT2D eigenvalue weighted by Crippen LogP contribution is -2.34. The summed E-state index contributed by atoms with van der Waals surface area (Å²) in [6, 6.07) is 6.11. The summed E-state index contributed by atoms with van der Waals surface area (Å²) in [5, 5.41) is 17.9. The van der Waals surface area contributed by atoms with E-state index in [1.54, 1.807) is 19.1 Å². The van der Waals surface area contributed by atoms with Crippen LogP contribution < -0.4 is 10.7 Å². The molecule has 0 fully saturated rings. The number of nitrogens with zero attached hydrogens (tertiary/aromatic N) is 2. The van der Waals surface area contributed by atoms with Crippen LogP contribution in [0.1, 0.15) is 13.8 Å². The minimum atomic E-state index is -1.08. The molecule has 0 spiro atoms. The van der Waals surface area contributed by atoms with Crippen molar-refractivity contribution in [1.29, 1.82) is 0 Å². The Hall–Kier alpha value is -2.94. The lowest BCUT2D eigenvalue weighted by molar-refractivity contribution is -0.136. The van der Waals surface area contributed by atoms with Gasteiger partial charge in [-0.25, -0.2) is 10.2 Å². The van der Waals surface area contributed by atoms with E-state index in [1.807, 2.05) is 5.43 Å². The van der Waals surface area contributed by atoms with Crippen molar-refractivity contribution in [2.45, 2.75) is 13.8 Å². The number of amides is 2. The Morgan fingerprint density at radius 3 is 2.38 bits per heavy atom. The second-order valence-electron chi connectivity index (χ2n) is 4.27. The fourth-order valence-electron chi connectivity index (χ4n) is 1.42. The summed E-state index contributed by atoms with van der Waals surface area (Å²) in [4.78, 5) is 34.8. The largest absolute Gasteiger partial charge is 0.461 e. The highest BCUT2D eigenvalue weighted by molar-refractivity contribution is 6.65. The van der Waals surface area contributed by atoms with Crippen molar-refractivity contribution in [3.63, 3.8) is 0 Å². The molecule has 9 nitrogen and oxygen atoms in total. The highest BCUT2D eigenvalue weighted by Gasteiger charge is 2.19. The molecule has 1 aromatic rings. The standard InChI is InChI=1S/C14H15ClN4O5/c1-3-24-14(22)11(19-23)8(2)17-18-13(21)12(20)16-10-6-4-9(15)5-7-10/h4-7,23H,3H2,1-2H3,(H,16,20)(H,18,21)/b17-8-,19-11-. The number of esters is 1. The number of anilines is 1. The molecule has 0 aliphatic rings. The zero-order valence-corrected chi connectivity index (χ0v) is 13.6. The molecule has 128 valence electrons. The Labute approximate surface area is 142 Å². The monoisotopic (exact) mass is 354 g/mol. The normalized spacial score (nSPS) is 11.6. The van der Waals surface area contributed by atoms with Gasteiger partial charge in [-0.15, -0.1) is 0 Å². The molecule has 1 aromatic carbocycles. The third-order valence-corrected chi connectivity index (χ3v) is 2.80. The Morgan fingerprint density at radius 2 is 1.83 bits per heavy atom. The van der Waals surface area contributed by atoms with Gasteiger partial charge >= 0.3 is 17.8 Å². The third-order valence-electron chi connectivity index (χ3n) is 2.54. The molecule has 0 unspecified atom stereocenters. The second-order valence-corrected chi connectivity index (χ2v) is 4.70. The van der Waals surface area contributed by atoms with Gasteiger partial charge in [-0.2, -0.15) is 5.10 Å². The van der Waals surface area contributed by atoms with Crippen LogP contribution in [0.25, 0.3) is 0 Å². The lowest BCUT2D eigenvalue weighted by Gasteiger charge is -2.05. The maximum atomic E-state index is 11.7. The molecule has 0 atom stereocenters. The van der Waals surface area contributed by atoms with Crippen LogP contribution in [-0.2, 0) is 19.1 Å². The zero-order valence-electron chi connectivity index (χ0n) is 12.9. The van der Waals surface area contributed by atoms with Crippen LogP contribution in [0.4, 0.5) is 5.69 Å². The molecule has 1 rings (SSSR count). The average molecular weight is 355 g/mol. The molecular weight excluding hydrogens is 340 g/mol. The molecule has 2 amide bonds. The highest BCUT2D eigenvalue weighted by atomic mass is 35.5. The molecule has 24 heavy (non-hydrogen) atoms. The topological polar surface area (TPSA) is 129 Å². The van der Waals surface area contributed by atoms with Gasteiger partial charge in [-0.1, -0.05) is 16.8 Å². The van der Waals surface area contributed by atoms with Crippen molar-refractivity contribution in [2.75, 3.05) is 11.9 Å². The summed E-state index contributed by atoms with van der Waals surface area (Å²) in [7, 11) is 0. The highest BCUT2D eigenvalue weighted by Crippen LogP contribution is 2.13. The molecular formula is C14H15ClN4O5. The fourth-order valence-corrected chi connectivity index (χ4v) is 1.55. The number of ether oxygens (including phenoxy) is 1. The minimum Gasteiger partial charge on any atom is -0.461 e. The number of halogens is 1. The molecule has 0 saturated carbocycles. The van der Waals surface area contributed by atoms with Crippen molar-refractivity contribution in [3.8, 4) is 0 Å². The summed E-state index contributed by atoms with van der Waals surface area (Å²) >= 11 is 5.71. The number of benzene rings is 1. The van der Waals surface area contributed by atoms with Crippen molar-refractivity contribution in [3.05, 3.63) is 29.3 Å². The van der Waals surface area contributed by atoms with E-state index < -0.39 is 23.5 Å². The summed E-state index contributed by atoms with van der Waals surface area (Å²) in [5.41, 5.74) is 1.68. The molecule has 0 aromatic heterocycles. The number of carbonyl (C=O) groups excluding carboxylic acids is 3. The van der Waals surface area contributed by atoms with Crippen LogP contribution in [0.3, 0.4) is 0 Å². The van der Waals surface area contributed by atoms with E-state index in [-0.39, 0.29) is 12.3 Å². The number of hydrogen-bond acceptors (Lipinski definition) is 7. The Balaban J connectivity index is 2.67. The van der Waals surface area contributed by atoms with E-state index in [0.29, 0.717) is 10.7 Å². The van der Waals surface area contributed by atoms with Crippen molar-refractivity contribution < 1.29 is 24.3 Å². The first-order chi connectivity index (χ1) is 11.4. The van der Waals surface area contributed by atoms with Crippen LogP contribution in [0.2, 0.25) is 5.02 Å². The van der Waals surface area contributed by atoms with E-state index in [4.69, 9.17) is 16.8 Å². The molecule has 10 heteroatoms. The smallest absolute Gasteiger partial charge is 0.362 e. The molecule has 0 aliphatic carbocycles. The maximum Gasteiger partial charge on any atom is 0.362 e. The van der Waals surface area contributed by atoms with E-state index in [9.17, 15) is 14.4 Å². The van der Waals surface area contributed by atoms with Gasteiger partial charge in [0.1, 0.15) is 0 Å². The number of nitrogens with one attached hydrogen (secondary N) is 2. The quantitative estimate of drug-likeness (QED) is 0.240. The summed E-state index contributed by atoms with van der Waals surface area (Å²) in [6.07, 6.45) is 0. The van der Waals surface area contributed by atoms with Gasteiger partial charge in [-0.3, -0.25) is 9.59 Å². The predicted molar refractivity (Wildman–Crippen MR) is 87.2 cm³/mol. The van der Waals surface area contributed by atoms with Crippen molar-refractivity contribution in [1.82, 2.24) is 5.43 Å². The first-order valence-electron chi connectivity index (χ1n) is 6.69. The number of rotatable bonds is 5. The zero-order chi connectivity index (χ0) is 18.1. The Morgan fingerprint density at radius 1 is 1.21 bits per heavy atom. The predicted octanol–water partition coefficient (Wildman–Crippen LogP) is 1.16. The molecule has 0 heterocycles. The third kappa shape index (κ3) is 5.69. The van der Waals surface area contributed by atoms with Crippen LogP contribution in [0.5, 0.6) is 0 Å². The van der Waals surface area contributed by atoms with E-state index >= 15 is 0 Å². The van der Waals surface area contributed by atoms with Gasteiger partial charge in [0.25, 0.3) is 0 Å². The van der Waals surface area contributed by atoms with Crippen LogP contribution in [0, 0.1) is 0 Å². The summed E-state index contributed by atoms with van der Waals surface area (Å²) in [5.74, 6) is -2.97. The van der Waals surface area contributed by atoms with Gasteiger partial charge in [0.2, 0.25) is 5.71 Å². The van der Waals surface area contributed by atoms with Gasteiger partial charge in [0, 0.05) is 10.7 Å². The second kappa shape index (κ2) is 9.26. The molecule has 0 saturated heterocycles. The fraction of sp³-hybridized carbons (Fsp3) is 0.214. The Kier molecular flexibility index (Phi) is 7.37. The lowest BCUT2D eigenvalue weighted by atomic mass is 10.2. The van der Waals surface area contributed by atoms with E-state index in [1.165, 1.54) is 19.1 Å². The minimum absolute atomic E-state index is 0.0704. The first kappa shape index (κ1) is 19.1. The van der Waals surface area contributed by atoms with E-state index in [2.05, 4.69) is 20.3 Å². The number of hydrogen-bond donors (Lipinski definition) is 3. The van der Waals surface area contributed by atoms with Gasteiger partial charge in [0.15, 0.2) is 0 Å². The molecule has 0 radical (unpaired) electrons. The molecule has 0 aliphatic heterocycles. The van der Waals surface area contributed by atoms with Crippen molar-refractivity contribution in [2.24, 2.45) is 10.3 Å². The van der Waals surface area contributed by atoms with Gasteiger partial charge in [0.05, 0.1) is 12.3 Å². The summed E-state index contributed by atoms with van der Waals surface area (Å²) in [6.45, 7) is 2.94. The van der Waals surface area contributed by atoms with Gasteiger partial charge < -0.3 is 15.3 Å². The number of oxime groups is 1. The first-order valence-corrected chi connectivity index (χ1v) is 7.07. The van der Waals surface area contributed by atoms with E-state index in [0.717, 1.165) is 0 Å². The summed E-state index contributed by atoms with van der Waals surface area (Å²) < 4.78 is 4.65. The maximum absolute atomic E-state index is 11.7. The molecule has 0 bridgehead atoms. The Bertz CT molecular complexity index is 685. The number of carbonyl (C=O) groups is 3. The van der Waals surface area contributed by atoms with Crippen LogP contribution >= 0.6 is 11.6 Å². The van der Waals surface area contributed by atoms with Crippen LogP contribution in [-0.4, -0.2) is 41.0 Å². The molecule has 3 N–H and O–H groups in total. The SMILES string of the molecule is CCOC(=O)C(=N\O)/C(C)=N\NC(=O)C(=O)Nc1ccc(Cl)cc1. The average Bonchev–Trinajstić information content (AvgIpc) is 2.55. The van der Waals surface area contributed by atoms with Crippen LogP contribution in [0.15, 0.2) is 34.5 Å².